The van der Waals surface area contributed by atoms with Crippen molar-refractivity contribution < 1.29 is 28.7 Å². The van der Waals surface area contributed by atoms with Gasteiger partial charge in [0.25, 0.3) is 11.8 Å². The van der Waals surface area contributed by atoms with E-state index in [1.807, 2.05) is 0 Å². The van der Waals surface area contributed by atoms with Crippen LogP contribution in [0.25, 0.3) is 5.69 Å². The highest BCUT2D eigenvalue weighted by Crippen LogP contribution is 2.33. The largest absolute Gasteiger partial charge is 0.462 e. The number of amides is 2. The van der Waals surface area contributed by atoms with Crippen LogP contribution in [0.4, 0.5) is 5.00 Å². The van der Waals surface area contributed by atoms with Crippen molar-refractivity contribution in [1.29, 1.82) is 0 Å². The number of hydrogen-bond acceptors (Lipinski definition) is 8. The summed E-state index contributed by atoms with van der Waals surface area (Å²) in [6, 6.07) is 8.30. The molecule has 2 aromatic heterocycles. The lowest BCUT2D eigenvalue weighted by atomic mass is 10.1. The minimum Gasteiger partial charge on any atom is -0.462 e. The molecule has 0 fully saturated rings. The Bertz CT molecular complexity index is 1170. The third-order valence-electron chi connectivity index (χ3n) is 4.52. The highest BCUT2D eigenvalue weighted by molar-refractivity contribution is 7.18. The molecule has 172 valence electrons. The third-order valence-corrected chi connectivity index (χ3v) is 5.72. The summed E-state index contributed by atoms with van der Waals surface area (Å²) in [4.78, 5) is 49.4. The first kappa shape index (κ1) is 23.7. The Balaban J connectivity index is 1.67. The Morgan fingerprint density at radius 2 is 1.82 bits per heavy atom. The van der Waals surface area contributed by atoms with Gasteiger partial charge >= 0.3 is 11.9 Å². The van der Waals surface area contributed by atoms with Gasteiger partial charge in [-0.25, -0.2) is 14.3 Å². The molecule has 3 rings (SSSR count). The fraction of sp³-hybridized carbons (Fsp3) is 0.227. The molecule has 0 saturated carbocycles. The minimum absolute atomic E-state index is 0.0920. The molecule has 10 nitrogen and oxygen atoms in total. The van der Waals surface area contributed by atoms with E-state index < -0.39 is 30.4 Å². The summed E-state index contributed by atoms with van der Waals surface area (Å²) in [5.41, 5.74) is 1.51. The number of nitrogens with zero attached hydrogens (tertiary/aromatic N) is 2. The monoisotopic (exact) mass is 470 g/mol. The Hall–Kier alpha value is -3.99. The van der Waals surface area contributed by atoms with E-state index in [4.69, 9.17) is 9.47 Å². The van der Waals surface area contributed by atoms with Gasteiger partial charge in [0.05, 0.1) is 28.3 Å². The third kappa shape index (κ3) is 5.44. The summed E-state index contributed by atoms with van der Waals surface area (Å²) in [6.07, 6.45) is 3.41. The van der Waals surface area contributed by atoms with Gasteiger partial charge in [0.2, 0.25) is 0 Å². The minimum atomic E-state index is -0.684. The Labute approximate surface area is 193 Å². The number of anilines is 1. The summed E-state index contributed by atoms with van der Waals surface area (Å²) in [7, 11) is 1.46. The molecule has 0 radical (unpaired) electrons. The van der Waals surface area contributed by atoms with Gasteiger partial charge < -0.3 is 20.1 Å². The van der Waals surface area contributed by atoms with E-state index >= 15 is 0 Å². The lowest BCUT2D eigenvalue weighted by molar-refractivity contribution is -0.119. The van der Waals surface area contributed by atoms with Gasteiger partial charge in [0.1, 0.15) is 5.00 Å². The summed E-state index contributed by atoms with van der Waals surface area (Å²) >= 11 is 0.939. The summed E-state index contributed by atoms with van der Waals surface area (Å²) in [5.74, 6) is -2.40. The zero-order valence-electron chi connectivity index (χ0n) is 18.2. The van der Waals surface area contributed by atoms with Crippen LogP contribution in [0.2, 0.25) is 0 Å². The van der Waals surface area contributed by atoms with E-state index in [0.29, 0.717) is 5.56 Å². The highest BCUT2D eigenvalue weighted by Gasteiger charge is 2.26. The van der Waals surface area contributed by atoms with E-state index in [1.165, 1.54) is 7.05 Å². The van der Waals surface area contributed by atoms with Gasteiger partial charge in [-0.2, -0.15) is 5.10 Å². The van der Waals surface area contributed by atoms with Crippen molar-refractivity contribution in [3.05, 3.63) is 64.3 Å². The van der Waals surface area contributed by atoms with Crippen LogP contribution in [-0.4, -0.2) is 53.8 Å². The average molecular weight is 471 g/mol. The number of benzene rings is 1. The average Bonchev–Trinajstić information content (AvgIpc) is 3.45. The van der Waals surface area contributed by atoms with Crippen LogP contribution in [-0.2, 0) is 14.3 Å². The first-order valence-corrected chi connectivity index (χ1v) is 10.8. The van der Waals surface area contributed by atoms with E-state index in [2.05, 4.69) is 15.7 Å². The predicted molar refractivity (Wildman–Crippen MR) is 121 cm³/mol. The quantitative estimate of drug-likeness (QED) is 0.484. The number of carbonyl (C=O) groups is 4. The van der Waals surface area contributed by atoms with Crippen LogP contribution >= 0.6 is 11.3 Å². The Morgan fingerprint density at radius 1 is 1.09 bits per heavy atom. The lowest BCUT2D eigenvalue weighted by Crippen LogP contribution is -2.21. The molecule has 0 unspecified atom stereocenters. The molecule has 0 bridgehead atoms. The molecule has 0 atom stereocenters. The summed E-state index contributed by atoms with van der Waals surface area (Å²) in [6.45, 7) is 2.80. The van der Waals surface area contributed by atoms with Crippen LogP contribution in [0.3, 0.4) is 0 Å². The van der Waals surface area contributed by atoms with Gasteiger partial charge in [-0.3, -0.25) is 9.59 Å². The number of thiophene rings is 1. The molecule has 1 aromatic carbocycles. The second-order valence-electron chi connectivity index (χ2n) is 6.68. The zero-order valence-corrected chi connectivity index (χ0v) is 19.0. The summed E-state index contributed by atoms with van der Waals surface area (Å²) in [5, 5.41) is 9.28. The van der Waals surface area contributed by atoms with Gasteiger partial charge in [-0.1, -0.05) is 0 Å². The smallest absolute Gasteiger partial charge is 0.341 e. The number of rotatable bonds is 8. The van der Waals surface area contributed by atoms with Gasteiger partial charge in [-0.05, 0) is 49.7 Å². The molecule has 0 aliphatic rings. The predicted octanol–water partition coefficient (Wildman–Crippen LogP) is 2.57. The van der Waals surface area contributed by atoms with Crippen LogP contribution in [0.1, 0.15) is 42.9 Å². The Kier molecular flexibility index (Phi) is 7.57. The van der Waals surface area contributed by atoms with Crippen molar-refractivity contribution in [2.45, 2.75) is 13.8 Å². The maximum atomic E-state index is 12.4. The fourth-order valence-corrected chi connectivity index (χ4v) is 4.09. The molecule has 0 spiro atoms. The highest BCUT2D eigenvalue weighted by atomic mass is 32.1. The molecule has 2 heterocycles. The molecular weight excluding hydrogens is 448 g/mol. The zero-order chi connectivity index (χ0) is 24.0. The number of aromatic nitrogens is 2. The molecule has 2 amide bonds. The van der Waals surface area contributed by atoms with Crippen molar-refractivity contribution in [3.8, 4) is 5.69 Å². The normalized spacial score (nSPS) is 10.4. The maximum absolute atomic E-state index is 12.4. The van der Waals surface area contributed by atoms with Crippen molar-refractivity contribution in [2.24, 2.45) is 0 Å². The van der Waals surface area contributed by atoms with Gasteiger partial charge in [0, 0.05) is 19.4 Å². The number of ether oxygens (including phenoxy) is 2. The SMILES string of the molecule is CCOC(=O)c1c(NC(=O)COC(=O)c2ccc(-n3cccn3)cc2)sc(C(=O)NC)c1C. The van der Waals surface area contributed by atoms with Crippen LogP contribution in [0, 0.1) is 6.92 Å². The first-order valence-electron chi connectivity index (χ1n) is 9.95. The molecule has 0 saturated heterocycles. The number of carbonyl (C=O) groups excluding carboxylic acids is 4. The first-order chi connectivity index (χ1) is 15.8. The molecule has 33 heavy (non-hydrogen) atoms. The molecule has 0 aliphatic carbocycles. The second-order valence-corrected chi connectivity index (χ2v) is 7.70. The number of nitrogens with one attached hydrogen (secondary N) is 2. The van der Waals surface area contributed by atoms with Crippen LogP contribution in [0.15, 0.2) is 42.7 Å². The number of hydrogen-bond donors (Lipinski definition) is 2. The second kappa shape index (κ2) is 10.6. The number of esters is 2. The van der Waals surface area contributed by atoms with Crippen molar-refractivity contribution >= 4 is 40.1 Å². The van der Waals surface area contributed by atoms with Gasteiger partial charge in [-0.15, -0.1) is 11.3 Å². The van der Waals surface area contributed by atoms with Crippen LogP contribution < -0.4 is 10.6 Å². The van der Waals surface area contributed by atoms with Crippen LogP contribution in [0.5, 0.6) is 0 Å². The van der Waals surface area contributed by atoms with E-state index in [0.717, 1.165) is 17.0 Å². The fourth-order valence-electron chi connectivity index (χ4n) is 2.93. The maximum Gasteiger partial charge on any atom is 0.341 e. The topological polar surface area (TPSA) is 129 Å². The molecule has 11 heteroatoms. The van der Waals surface area contributed by atoms with E-state index in [9.17, 15) is 19.2 Å². The Morgan fingerprint density at radius 3 is 2.42 bits per heavy atom. The van der Waals surface area contributed by atoms with Crippen molar-refractivity contribution in [3.63, 3.8) is 0 Å². The molecule has 0 aliphatic heterocycles. The van der Waals surface area contributed by atoms with Crippen molar-refractivity contribution in [2.75, 3.05) is 25.6 Å². The molecule has 3 aromatic rings. The summed E-state index contributed by atoms with van der Waals surface area (Å²) < 4.78 is 11.8. The molecular formula is C22H22N4O6S. The molecule has 2 N–H and O–H groups in total. The van der Waals surface area contributed by atoms with E-state index in [-0.39, 0.29) is 27.6 Å². The lowest BCUT2D eigenvalue weighted by Gasteiger charge is -2.08. The van der Waals surface area contributed by atoms with Gasteiger partial charge in [0.15, 0.2) is 6.61 Å². The van der Waals surface area contributed by atoms with E-state index in [1.54, 1.807) is 61.3 Å². The standard InChI is InChI=1S/C22H22N4O6S/c1-4-31-22(30)17-13(2)18(19(28)23-3)33-20(17)25-16(27)12-32-21(29)14-6-8-15(9-7-14)26-11-5-10-24-26/h5-11H,4,12H2,1-3H3,(H,23,28)(H,25,27). The van der Waals surface area contributed by atoms with Crippen molar-refractivity contribution in [1.82, 2.24) is 15.1 Å².